The number of nitrogens with one attached hydrogen (secondary N) is 1. The molecule has 1 saturated carbocycles. The smallest absolute Gasteiger partial charge is 0.550 e. The van der Waals surface area contributed by atoms with Gasteiger partial charge >= 0.3 is 29.6 Å². The van der Waals surface area contributed by atoms with E-state index in [1.807, 2.05) is 12.1 Å². The molecule has 1 heterocycles. The number of aliphatic carboxylic acids is 1. The number of carbonyl (C=O) groups excluding carboxylic acids is 1. The molecule has 3 aromatic carbocycles. The monoisotopic (exact) mass is 434 g/mol. The third kappa shape index (κ3) is 5.03. The summed E-state index contributed by atoms with van der Waals surface area (Å²) in [6, 6.07) is 25.5. The molecule has 2 aliphatic rings. The molecule has 0 aromatic heterocycles. The summed E-state index contributed by atoms with van der Waals surface area (Å²) in [5.74, 6) is -1.13. The number of carboxylic acids is 1. The fourth-order valence-electron chi connectivity index (χ4n) is 4.80. The molecule has 4 nitrogen and oxygen atoms in total. The van der Waals surface area contributed by atoms with E-state index in [4.69, 9.17) is 0 Å². The topological polar surface area (TPSA) is 55.4 Å². The number of anilines is 2. The Morgan fingerprint density at radius 3 is 2.50 bits per heavy atom. The summed E-state index contributed by atoms with van der Waals surface area (Å²) in [4.78, 5) is 13.5. The first-order valence-corrected chi connectivity index (χ1v) is 11.1. The molecule has 0 unspecified atom stereocenters. The first-order valence-electron chi connectivity index (χ1n) is 11.1. The van der Waals surface area contributed by atoms with Crippen molar-refractivity contribution in [1.82, 2.24) is 0 Å². The van der Waals surface area contributed by atoms with Gasteiger partial charge in [-0.15, -0.1) is 0 Å². The first-order chi connectivity index (χ1) is 15.2. The Labute approximate surface area is 211 Å². The predicted molar refractivity (Wildman–Crippen MR) is 122 cm³/mol. The molecule has 0 radical (unpaired) electrons. The van der Waals surface area contributed by atoms with E-state index in [1.54, 1.807) is 0 Å². The summed E-state index contributed by atoms with van der Waals surface area (Å²) in [7, 11) is 0. The zero-order valence-corrected chi connectivity index (χ0v) is 20.6. The van der Waals surface area contributed by atoms with Crippen LogP contribution < -0.4 is 44.9 Å². The molecular formula is C27H27N2NaO2. The Kier molecular flexibility index (Phi) is 7.24. The van der Waals surface area contributed by atoms with Crippen LogP contribution in [0.25, 0.3) is 0 Å². The van der Waals surface area contributed by atoms with Gasteiger partial charge in [0.1, 0.15) is 0 Å². The summed E-state index contributed by atoms with van der Waals surface area (Å²) in [5.41, 5.74) is 7.60. The maximum atomic E-state index is 11.0. The van der Waals surface area contributed by atoms with Gasteiger partial charge in [-0.1, -0.05) is 60.7 Å². The Balaban J connectivity index is 0.00000245. The maximum Gasteiger partial charge on any atom is 1.00 e. The molecule has 2 atom stereocenters. The Bertz CT molecular complexity index is 1070. The molecule has 0 saturated heterocycles. The van der Waals surface area contributed by atoms with Crippen LogP contribution in [0.2, 0.25) is 0 Å². The van der Waals surface area contributed by atoms with E-state index in [1.165, 1.54) is 28.8 Å². The molecular weight excluding hydrogens is 407 g/mol. The number of fused-ring (bicyclic) bond motifs is 1. The Morgan fingerprint density at radius 1 is 1.00 bits per heavy atom. The van der Waals surface area contributed by atoms with E-state index in [9.17, 15) is 9.90 Å². The normalized spacial score (nSPS) is 18.9. The van der Waals surface area contributed by atoms with Gasteiger partial charge in [0.05, 0.1) is 0 Å². The van der Waals surface area contributed by atoms with Gasteiger partial charge in [-0.25, -0.2) is 0 Å². The van der Waals surface area contributed by atoms with Gasteiger partial charge in [0.15, 0.2) is 0 Å². The number of rotatable bonds is 7. The second kappa shape index (κ2) is 10.1. The fraction of sp³-hybridized carbons (Fsp3) is 0.296. The number of benzene rings is 3. The van der Waals surface area contributed by atoms with E-state index >= 15 is 0 Å². The van der Waals surface area contributed by atoms with E-state index in [2.05, 4.69) is 70.9 Å². The van der Waals surface area contributed by atoms with Crippen LogP contribution in [0.5, 0.6) is 0 Å². The molecule has 5 heteroatoms. The van der Waals surface area contributed by atoms with Crippen LogP contribution >= 0.6 is 0 Å². The fourth-order valence-corrected chi connectivity index (χ4v) is 4.80. The molecule has 0 bridgehead atoms. The van der Waals surface area contributed by atoms with E-state index in [0.29, 0.717) is 6.42 Å². The summed E-state index contributed by atoms with van der Waals surface area (Å²) in [5, 5.41) is 14.6. The molecule has 3 aromatic rings. The number of aryl methyl sites for hydroxylation is 1. The molecule has 158 valence electrons. The van der Waals surface area contributed by atoms with Crippen molar-refractivity contribution < 1.29 is 39.5 Å². The molecule has 1 aliphatic heterocycles. The number of nitrogens with zero attached hydrogens (tertiary/aromatic N) is 1. The standard InChI is InChI=1S/C27H28N2O2.Na/c30-27(31)25-16-24(25)20-11-13-23(14-12-20)28-17-22-9-4-8-21-10-5-15-29(26(21)22)18-19-6-2-1-3-7-19;/h1-4,6-9,11-14,24-25,28H,5,10,15-18H2,(H,30,31);/q;+1/p-1/t24-,25+;/m0./s1. The Morgan fingerprint density at radius 2 is 1.78 bits per heavy atom. The minimum Gasteiger partial charge on any atom is -0.550 e. The van der Waals surface area contributed by atoms with Crippen molar-refractivity contribution in [2.45, 2.75) is 38.3 Å². The number of carbonyl (C=O) groups is 1. The SMILES string of the molecule is O=C([O-])[C@@H]1C[C@H]1c1ccc(NCc2cccc3c2N(Cc2ccccc2)CCC3)cc1.[Na+]. The molecule has 1 N–H and O–H groups in total. The van der Waals surface area contributed by atoms with Crippen molar-refractivity contribution in [3.63, 3.8) is 0 Å². The molecule has 1 fully saturated rings. The van der Waals surface area contributed by atoms with E-state index < -0.39 is 5.97 Å². The van der Waals surface area contributed by atoms with Crippen molar-refractivity contribution in [2.24, 2.45) is 5.92 Å². The van der Waals surface area contributed by atoms with Crippen LogP contribution in [0.4, 0.5) is 11.4 Å². The number of para-hydroxylation sites is 1. The zero-order valence-electron chi connectivity index (χ0n) is 18.6. The van der Waals surface area contributed by atoms with Crippen molar-refractivity contribution in [3.05, 3.63) is 95.1 Å². The number of hydrogen-bond donors (Lipinski definition) is 1. The minimum atomic E-state index is -0.930. The molecule has 32 heavy (non-hydrogen) atoms. The van der Waals surface area contributed by atoms with Gasteiger partial charge in [-0.2, -0.15) is 0 Å². The van der Waals surface area contributed by atoms with Crippen molar-refractivity contribution in [3.8, 4) is 0 Å². The van der Waals surface area contributed by atoms with Gasteiger partial charge in [-0.05, 0) is 59.6 Å². The third-order valence-electron chi connectivity index (χ3n) is 6.52. The predicted octanol–water partition coefficient (Wildman–Crippen LogP) is 1.11. The molecule has 1 aliphatic carbocycles. The average molecular weight is 435 g/mol. The van der Waals surface area contributed by atoms with Gasteiger partial charge < -0.3 is 20.1 Å². The average Bonchev–Trinajstić information content (AvgIpc) is 3.60. The molecule has 0 spiro atoms. The van der Waals surface area contributed by atoms with Gasteiger partial charge in [0.25, 0.3) is 0 Å². The number of carboxylic acid groups (broad SMARTS) is 1. The van der Waals surface area contributed by atoms with Crippen LogP contribution in [0.3, 0.4) is 0 Å². The Hall–Kier alpha value is -2.27. The van der Waals surface area contributed by atoms with Crippen molar-refractivity contribution >= 4 is 17.3 Å². The van der Waals surface area contributed by atoms with E-state index in [-0.39, 0.29) is 41.4 Å². The van der Waals surface area contributed by atoms with Crippen LogP contribution in [0, 0.1) is 5.92 Å². The second-order valence-corrected chi connectivity index (χ2v) is 8.68. The van der Waals surface area contributed by atoms with Crippen molar-refractivity contribution in [1.29, 1.82) is 0 Å². The molecule has 5 rings (SSSR count). The van der Waals surface area contributed by atoms with Crippen LogP contribution in [0.15, 0.2) is 72.8 Å². The van der Waals surface area contributed by atoms with Crippen LogP contribution in [-0.2, 0) is 24.3 Å². The van der Waals surface area contributed by atoms with Crippen molar-refractivity contribution in [2.75, 3.05) is 16.8 Å². The second-order valence-electron chi connectivity index (χ2n) is 8.68. The summed E-state index contributed by atoms with van der Waals surface area (Å²) in [6.45, 7) is 2.77. The third-order valence-corrected chi connectivity index (χ3v) is 6.52. The quantitative estimate of drug-likeness (QED) is 0.566. The zero-order chi connectivity index (χ0) is 21.2. The first kappa shape index (κ1) is 22.9. The largest absolute Gasteiger partial charge is 1.00 e. The van der Waals surface area contributed by atoms with Gasteiger partial charge in [0, 0.05) is 42.9 Å². The summed E-state index contributed by atoms with van der Waals surface area (Å²) >= 11 is 0. The van der Waals surface area contributed by atoms with Gasteiger partial charge in [0.2, 0.25) is 0 Å². The maximum absolute atomic E-state index is 11.0. The minimum absolute atomic E-state index is 0. The van der Waals surface area contributed by atoms with Crippen LogP contribution in [-0.4, -0.2) is 12.5 Å². The summed E-state index contributed by atoms with van der Waals surface area (Å²) < 4.78 is 0. The molecule has 0 amide bonds. The summed E-state index contributed by atoms with van der Waals surface area (Å²) in [6.07, 6.45) is 3.01. The van der Waals surface area contributed by atoms with Crippen LogP contribution in [0.1, 0.15) is 41.0 Å². The number of hydrogen-bond acceptors (Lipinski definition) is 4. The van der Waals surface area contributed by atoms with E-state index in [0.717, 1.165) is 37.3 Å². The van der Waals surface area contributed by atoms with Gasteiger partial charge in [-0.3, -0.25) is 0 Å².